The van der Waals surface area contributed by atoms with E-state index in [2.05, 4.69) is 27.6 Å². The third-order valence-corrected chi connectivity index (χ3v) is 3.89. The Hall–Kier alpha value is -0.650. The molecule has 1 fully saturated rings. The summed E-state index contributed by atoms with van der Waals surface area (Å²) in [5.41, 5.74) is 1.13. The highest BCUT2D eigenvalue weighted by atomic mass is 32.1. The lowest BCUT2D eigenvalue weighted by Crippen LogP contribution is -2.21. The molecule has 1 aromatic rings. The van der Waals surface area contributed by atoms with Gasteiger partial charge < -0.3 is 15.0 Å². The summed E-state index contributed by atoms with van der Waals surface area (Å²) in [6.07, 6.45) is 2.78. The van der Waals surface area contributed by atoms with E-state index in [9.17, 15) is 0 Å². The van der Waals surface area contributed by atoms with Gasteiger partial charge in [-0.2, -0.15) is 0 Å². The fraction of sp³-hybridized carbons (Fsp3) is 0.750. The second kappa shape index (κ2) is 6.33. The molecule has 96 valence electrons. The van der Waals surface area contributed by atoms with Crippen LogP contribution in [0.4, 0.5) is 5.13 Å². The minimum atomic E-state index is 0.749. The van der Waals surface area contributed by atoms with Crippen molar-refractivity contribution >= 4 is 16.5 Å². The third kappa shape index (κ3) is 4.26. The average molecular weight is 255 g/mol. The molecule has 0 amide bonds. The Morgan fingerprint density at radius 2 is 2.41 bits per heavy atom. The Kier molecular flexibility index (Phi) is 4.76. The molecule has 2 rings (SSSR count). The first-order valence-electron chi connectivity index (χ1n) is 6.15. The second-order valence-corrected chi connectivity index (χ2v) is 5.45. The van der Waals surface area contributed by atoms with Gasteiger partial charge in [-0.15, -0.1) is 11.3 Å². The molecule has 1 heterocycles. The van der Waals surface area contributed by atoms with Crippen molar-refractivity contribution in [1.29, 1.82) is 0 Å². The number of hydrogen-bond donors (Lipinski definition) is 1. The number of anilines is 1. The zero-order valence-electron chi connectivity index (χ0n) is 10.6. The van der Waals surface area contributed by atoms with Gasteiger partial charge in [0.05, 0.1) is 12.3 Å². The van der Waals surface area contributed by atoms with Crippen LogP contribution in [-0.2, 0) is 11.3 Å². The summed E-state index contributed by atoms with van der Waals surface area (Å²) in [6.45, 7) is 3.61. The van der Waals surface area contributed by atoms with Gasteiger partial charge in [-0.3, -0.25) is 0 Å². The first kappa shape index (κ1) is 12.8. The fourth-order valence-corrected chi connectivity index (χ4v) is 2.51. The van der Waals surface area contributed by atoms with Crippen LogP contribution in [0.15, 0.2) is 5.38 Å². The highest BCUT2D eigenvalue weighted by molar-refractivity contribution is 7.13. The smallest absolute Gasteiger partial charge is 0.185 e. The maximum absolute atomic E-state index is 4.99. The van der Waals surface area contributed by atoms with Gasteiger partial charge in [0.1, 0.15) is 0 Å². The molecule has 0 spiro atoms. The maximum Gasteiger partial charge on any atom is 0.185 e. The summed E-state index contributed by atoms with van der Waals surface area (Å²) < 4.78 is 4.99. The maximum atomic E-state index is 4.99. The van der Waals surface area contributed by atoms with E-state index >= 15 is 0 Å². The number of hydrogen-bond acceptors (Lipinski definition) is 5. The molecular formula is C12H21N3OS. The van der Waals surface area contributed by atoms with E-state index < -0.39 is 0 Å². The lowest BCUT2D eigenvalue weighted by atomic mass is 10.4. The average Bonchev–Trinajstić information content (AvgIpc) is 3.00. The van der Waals surface area contributed by atoms with Crippen molar-refractivity contribution < 1.29 is 4.74 Å². The van der Waals surface area contributed by atoms with Gasteiger partial charge in [-0.1, -0.05) is 0 Å². The van der Waals surface area contributed by atoms with Crippen molar-refractivity contribution in [2.75, 3.05) is 38.8 Å². The van der Waals surface area contributed by atoms with Crippen LogP contribution >= 0.6 is 11.3 Å². The molecule has 1 saturated carbocycles. The molecule has 0 bridgehead atoms. The Bertz CT molecular complexity index is 338. The fourth-order valence-electron chi connectivity index (χ4n) is 1.71. The monoisotopic (exact) mass is 255 g/mol. The van der Waals surface area contributed by atoms with Crippen molar-refractivity contribution in [3.05, 3.63) is 11.1 Å². The number of thiazole rings is 1. The van der Waals surface area contributed by atoms with Crippen LogP contribution in [0, 0.1) is 5.92 Å². The zero-order chi connectivity index (χ0) is 12.1. The molecule has 0 saturated heterocycles. The van der Waals surface area contributed by atoms with Gasteiger partial charge >= 0.3 is 0 Å². The third-order valence-electron chi connectivity index (χ3n) is 2.88. The van der Waals surface area contributed by atoms with E-state index in [1.54, 1.807) is 18.4 Å². The summed E-state index contributed by atoms with van der Waals surface area (Å²) >= 11 is 1.73. The minimum absolute atomic E-state index is 0.749. The van der Waals surface area contributed by atoms with E-state index in [-0.39, 0.29) is 0 Å². The molecule has 1 aliphatic rings. The normalized spacial score (nSPS) is 15.2. The molecule has 0 aromatic carbocycles. The van der Waals surface area contributed by atoms with E-state index in [1.807, 2.05) is 0 Å². The van der Waals surface area contributed by atoms with E-state index in [4.69, 9.17) is 4.74 Å². The molecule has 1 aromatic heterocycles. The second-order valence-electron chi connectivity index (χ2n) is 4.61. The topological polar surface area (TPSA) is 37.4 Å². The van der Waals surface area contributed by atoms with Gasteiger partial charge in [-0.05, 0) is 18.8 Å². The Labute approximate surface area is 107 Å². The summed E-state index contributed by atoms with van der Waals surface area (Å²) in [5.74, 6) is 0.909. The summed E-state index contributed by atoms with van der Waals surface area (Å²) in [6, 6.07) is 0. The number of ether oxygens (including phenoxy) is 1. The van der Waals surface area contributed by atoms with Gasteiger partial charge in [0.2, 0.25) is 0 Å². The van der Waals surface area contributed by atoms with Crippen LogP contribution < -0.4 is 10.2 Å². The molecular weight excluding hydrogens is 234 g/mol. The summed E-state index contributed by atoms with van der Waals surface area (Å²) in [5, 5.41) is 6.59. The number of rotatable bonds is 8. The minimum Gasteiger partial charge on any atom is -0.383 e. The molecule has 0 aliphatic heterocycles. The van der Waals surface area contributed by atoms with E-state index in [1.165, 1.54) is 12.8 Å². The van der Waals surface area contributed by atoms with Gasteiger partial charge in [0.15, 0.2) is 5.13 Å². The van der Waals surface area contributed by atoms with Crippen LogP contribution in [0.25, 0.3) is 0 Å². The van der Waals surface area contributed by atoms with Crippen LogP contribution in [0.1, 0.15) is 18.5 Å². The molecule has 1 aliphatic carbocycles. The van der Waals surface area contributed by atoms with Gasteiger partial charge in [0.25, 0.3) is 0 Å². The highest BCUT2D eigenvalue weighted by Crippen LogP contribution is 2.31. The number of methoxy groups -OCH3 is 1. The van der Waals surface area contributed by atoms with Crippen LogP contribution in [0.2, 0.25) is 0 Å². The quantitative estimate of drug-likeness (QED) is 0.718. The molecule has 5 heteroatoms. The van der Waals surface area contributed by atoms with Crippen molar-refractivity contribution in [3.63, 3.8) is 0 Å². The molecule has 0 radical (unpaired) electrons. The highest BCUT2D eigenvalue weighted by Gasteiger charge is 2.23. The first-order valence-corrected chi connectivity index (χ1v) is 7.02. The number of nitrogens with zero attached hydrogens (tertiary/aromatic N) is 2. The van der Waals surface area contributed by atoms with Crippen molar-refractivity contribution in [3.8, 4) is 0 Å². The Morgan fingerprint density at radius 3 is 3.12 bits per heavy atom. The lowest BCUT2D eigenvalue weighted by Gasteiger charge is -2.14. The van der Waals surface area contributed by atoms with E-state index in [0.717, 1.165) is 43.0 Å². The molecule has 17 heavy (non-hydrogen) atoms. The van der Waals surface area contributed by atoms with Crippen LogP contribution in [0.5, 0.6) is 0 Å². The first-order chi connectivity index (χ1) is 8.29. The molecule has 4 nitrogen and oxygen atoms in total. The Morgan fingerprint density at radius 1 is 1.59 bits per heavy atom. The zero-order valence-corrected chi connectivity index (χ0v) is 11.4. The van der Waals surface area contributed by atoms with Crippen molar-refractivity contribution in [2.24, 2.45) is 5.92 Å². The number of nitrogens with one attached hydrogen (secondary N) is 1. The largest absolute Gasteiger partial charge is 0.383 e. The predicted octanol–water partition coefficient (Wildman–Crippen LogP) is 1.73. The summed E-state index contributed by atoms with van der Waals surface area (Å²) in [4.78, 5) is 6.91. The van der Waals surface area contributed by atoms with Crippen molar-refractivity contribution in [2.45, 2.75) is 19.4 Å². The van der Waals surface area contributed by atoms with E-state index in [0.29, 0.717) is 0 Å². The SMILES string of the molecule is COCCNCc1csc(N(C)CC2CC2)n1. The lowest BCUT2D eigenvalue weighted by molar-refractivity contribution is 0.199. The van der Waals surface area contributed by atoms with Crippen LogP contribution in [0.3, 0.4) is 0 Å². The van der Waals surface area contributed by atoms with Crippen molar-refractivity contribution in [1.82, 2.24) is 10.3 Å². The summed E-state index contributed by atoms with van der Waals surface area (Å²) in [7, 11) is 3.86. The molecule has 1 N–H and O–H groups in total. The molecule has 0 atom stereocenters. The molecule has 0 unspecified atom stereocenters. The predicted molar refractivity (Wildman–Crippen MR) is 71.7 cm³/mol. The van der Waals surface area contributed by atoms with Crippen LogP contribution in [-0.4, -0.2) is 38.8 Å². The number of aromatic nitrogens is 1. The standard InChI is InChI=1S/C12H21N3OS/c1-15(8-10-3-4-10)12-14-11(9-17-12)7-13-5-6-16-2/h9-10,13H,3-8H2,1-2H3. The van der Waals surface area contributed by atoms with Gasteiger partial charge in [-0.25, -0.2) is 4.98 Å². The Balaban J connectivity index is 1.74. The van der Waals surface area contributed by atoms with Gasteiger partial charge in [0, 0.05) is 39.2 Å².